The van der Waals surface area contributed by atoms with Crippen LogP contribution in [0.2, 0.25) is 0 Å². The summed E-state index contributed by atoms with van der Waals surface area (Å²) in [4.78, 5) is 4.04. The lowest BCUT2D eigenvalue weighted by molar-refractivity contribution is 0.247. The van der Waals surface area contributed by atoms with E-state index in [-0.39, 0.29) is 0 Å². The van der Waals surface area contributed by atoms with Crippen molar-refractivity contribution in [2.75, 3.05) is 6.61 Å². The molecule has 0 fully saturated rings. The highest BCUT2D eigenvalue weighted by molar-refractivity contribution is 5.01. The van der Waals surface area contributed by atoms with E-state index in [2.05, 4.69) is 4.98 Å². The van der Waals surface area contributed by atoms with Crippen LogP contribution in [-0.2, 0) is 0 Å². The highest BCUT2D eigenvalue weighted by Crippen LogP contribution is 2.18. The molecule has 3 heteroatoms. The second-order valence-corrected chi connectivity index (χ2v) is 2.61. The zero-order valence-electron chi connectivity index (χ0n) is 7.13. The van der Waals surface area contributed by atoms with Crippen molar-refractivity contribution in [1.82, 2.24) is 4.98 Å². The van der Waals surface area contributed by atoms with Crippen LogP contribution in [0, 0.1) is 0 Å². The Balaban J connectivity index is 2.66. The molecule has 0 amide bonds. The quantitative estimate of drug-likeness (QED) is 0.671. The Morgan fingerprint density at radius 3 is 2.82 bits per heavy atom. The van der Waals surface area contributed by atoms with Gasteiger partial charge >= 0.3 is 5.95 Å². The molecule has 0 unspecified atom stereocenters. The Bertz CT molecular complexity index is 218. The molecule has 0 aromatic carbocycles. The van der Waals surface area contributed by atoms with Crippen molar-refractivity contribution in [3.05, 3.63) is 12.1 Å². The van der Waals surface area contributed by atoms with Gasteiger partial charge in [-0.1, -0.05) is 13.8 Å². The van der Waals surface area contributed by atoms with Crippen LogP contribution in [0.15, 0.2) is 10.6 Å². The first-order chi connectivity index (χ1) is 5.24. The monoisotopic (exact) mass is 155 g/mol. The minimum absolute atomic E-state index is 0.323. The number of aromatic nitrogens is 1. The maximum atomic E-state index is 5.25. The summed E-state index contributed by atoms with van der Waals surface area (Å²) in [7, 11) is 0. The van der Waals surface area contributed by atoms with E-state index in [0.29, 0.717) is 18.5 Å². The first-order valence-corrected chi connectivity index (χ1v) is 3.82. The number of oxazole rings is 1. The maximum Gasteiger partial charge on any atom is 0.305 e. The van der Waals surface area contributed by atoms with E-state index in [4.69, 9.17) is 9.15 Å². The second-order valence-electron chi connectivity index (χ2n) is 2.61. The largest absolute Gasteiger partial charge is 0.464 e. The fourth-order valence-corrected chi connectivity index (χ4v) is 0.748. The van der Waals surface area contributed by atoms with Crippen molar-refractivity contribution < 1.29 is 9.15 Å². The molecule has 0 N–H and O–H groups in total. The first kappa shape index (κ1) is 8.11. The molecular formula is C8H13NO2. The summed E-state index contributed by atoms with van der Waals surface area (Å²) in [5.41, 5.74) is 0. The van der Waals surface area contributed by atoms with Crippen molar-refractivity contribution in [1.29, 1.82) is 0 Å². The summed E-state index contributed by atoms with van der Waals surface area (Å²) in [6, 6.07) is 0. The SMILES string of the molecule is CCOc1cnc(C(C)C)o1. The summed E-state index contributed by atoms with van der Waals surface area (Å²) < 4.78 is 10.4. The average molecular weight is 155 g/mol. The highest BCUT2D eigenvalue weighted by Gasteiger charge is 2.06. The molecule has 1 rings (SSSR count). The van der Waals surface area contributed by atoms with Crippen LogP contribution in [-0.4, -0.2) is 11.6 Å². The van der Waals surface area contributed by atoms with Crippen molar-refractivity contribution >= 4 is 0 Å². The topological polar surface area (TPSA) is 35.3 Å². The molecule has 62 valence electrons. The molecule has 1 aromatic heterocycles. The van der Waals surface area contributed by atoms with Gasteiger partial charge in [-0.05, 0) is 6.92 Å². The third kappa shape index (κ3) is 1.97. The Labute approximate surface area is 66.4 Å². The smallest absolute Gasteiger partial charge is 0.305 e. The van der Waals surface area contributed by atoms with E-state index in [9.17, 15) is 0 Å². The number of ether oxygens (including phenoxy) is 1. The van der Waals surface area contributed by atoms with Crippen molar-refractivity contribution in [3.63, 3.8) is 0 Å². The third-order valence-electron chi connectivity index (χ3n) is 1.28. The molecule has 0 saturated carbocycles. The number of hydrogen-bond donors (Lipinski definition) is 0. The van der Waals surface area contributed by atoms with Gasteiger partial charge in [-0.15, -0.1) is 0 Å². The minimum atomic E-state index is 0.323. The molecule has 0 spiro atoms. The zero-order chi connectivity index (χ0) is 8.27. The van der Waals surface area contributed by atoms with Crippen LogP contribution >= 0.6 is 0 Å². The van der Waals surface area contributed by atoms with E-state index < -0.39 is 0 Å². The minimum Gasteiger partial charge on any atom is -0.464 e. The third-order valence-corrected chi connectivity index (χ3v) is 1.28. The van der Waals surface area contributed by atoms with Crippen molar-refractivity contribution in [2.24, 2.45) is 0 Å². The molecule has 1 aromatic rings. The lowest BCUT2D eigenvalue weighted by Crippen LogP contribution is -1.88. The number of rotatable bonds is 3. The van der Waals surface area contributed by atoms with Gasteiger partial charge in [0.25, 0.3) is 0 Å². The van der Waals surface area contributed by atoms with Crippen LogP contribution in [0.5, 0.6) is 5.95 Å². The molecule has 0 aliphatic heterocycles. The van der Waals surface area contributed by atoms with E-state index in [1.54, 1.807) is 6.20 Å². The maximum absolute atomic E-state index is 5.25. The van der Waals surface area contributed by atoms with Gasteiger partial charge in [-0.25, -0.2) is 4.98 Å². The molecular weight excluding hydrogens is 142 g/mol. The normalized spacial score (nSPS) is 10.5. The van der Waals surface area contributed by atoms with Gasteiger partial charge in [-0.3, -0.25) is 0 Å². The molecule has 0 bridgehead atoms. The van der Waals surface area contributed by atoms with E-state index in [1.807, 2.05) is 20.8 Å². The summed E-state index contributed by atoms with van der Waals surface area (Å²) in [5, 5.41) is 0. The van der Waals surface area contributed by atoms with Crippen LogP contribution < -0.4 is 4.74 Å². The standard InChI is InChI=1S/C8H13NO2/c1-4-10-7-5-9-8(11-7)6(2)3/h5-6H,4H2,1-3H3. The van der Waals surface area contributed by atoms with E-state index in [0.717, 1.165) is 5.89 Å². The van der Waals surface area contributed by atoms with Crippen LogP contribution in [0.1, 0.15) is 32.6 Å². The van der Waals surface area contributed by atoms with E-state index in [1.165, 1.54) is 0 Å². The van der Waals surface area contributed by atoms with Crippen LogP contribution in [0.4, 0.5) is 0 Å². The van der Waals surface area contributed by atoms with Crippen molar-refractivity contribution in [2.45, 2.75) is 26.7 Å². The Morgan fingerprint density at radius 2 is 2.36 bits per heavy atom. The van der Waals surface area contributed by atoms with Crippen LogP contribution in [0.3, 0.4) is 0 Å². The van der Waals surface area contributed by atoms with Gasteiger partial charge in [-0.2, -0.15) is 0 Å². The molecule has 0 saturated heterocycles. The van der Waals surface area contributed by atoms with Gasteiger partial charge in [0.2, 0.25) is 5.89 Å². The van der Waals surface area contributed by atoms with Gasteiger partial charge in [0.15, 0.2) is 0 Å². The highest BCUT2D eigenvalue weighted by atomic mass is 16.6. The van der Waals surface area contributed by atoms with Gasteiger partial charge < -0.3 is 9.15 Å². The Kier molecular flexibility index (Phi) is 2.52. The van der Waals surface area contributed by atoms with Crippen LogP contribution in [0.25, 0.3) is 0 Å². The molecule has 3 nitrogen and oxygen atoms in total. The fraction of sp³-hybridized carbons (Fsp3) is 0.625. The van der Waals surface area contributed by atoms with E-state index >= 15 is 0 Å². The second kappa shape index (κ2) is 3.42. The molecule has 0 aliphatic rings. The molecule has 11 heavy (non-hydrogen) atoms. The fourth-order valence-electron chi connectivity index (χ4n) is 0.748. The molecule has 0 aliphatic carbocycles. The molecule has 0 radical (unpaired) electrons. The van der Waals surface area contributed by atoms with Gasteiger partial charge in [0.1, 0.15) is 6.20 Å². The van der Waals surface area contributed by atoms with Crippen molar-refractivity contribution in [3.8, 4) is 5.95 Å². The lowest BCUT2D eigenvalue weighted by Gasteiger charge is -1.96. The molecule has 1 heterocycles. The number of hydrogen-bond acceptors (Lipinski definition) is 3. The lowest BCUT2D eigenvalue weighted by atomic mass is 10.2. The predicted octanol–water partition coefficient (Wildman–Crippen LogP) is 2.20. The Hall–Kier alpha value is -0.990. The summed E-state index contributed by atoms with van der Waals surface area (Å²) in [6.45, 7) is 6.59. The summed E-state index contributed by atoms with van der Waals surface area (Å²) in [5.74, 6) is 1.56. The number of nitrogens with zero attached hydrogens (tertiary/aromatic N) is 1. The Morgan fingerprint density at radius 1 is 1.64 bits per heavy atom. The van der Waals surface area contributed by atoms with Gasteiger partial charge in [0, 0.05) is 5.92 Å². The summed E-state index contributed by atoms with van der Waals surface area (Å²) in [6.07, 6.45) is 1.61. The first-order valence-electron chi connectivity index (χ1n) is 3.82. The molecule has 0 atom stereocenters. The predicted molar refractivity (Wildman–Crippen MR) is 41.8 cm³/mol. The average Bonchev–Trinajstić information content (AvgIpc) is 2.37. The zero-order valence-corrected chi connectivity index (χ0v) is 7.13. The van der Waals surface area contributed by atoms with Gasteiger partial charge in [0.05, 0.1) is 6.61 Å². The summed E-state index contributed by atoms with van der Waals surface area (Å²) >= 11 is 0.